The first kappa shape index (κ1) is 26.6. The van der Waals surface area contributed by atoms with E-state index in [1.54, 1.807) is 55.3 Å². The molecule has 11 heteroatoms. The molecule has 208 valence electrons. The number of aliphatic hydroxyl groups excluding tert-OH is 1. The summed E-state index contributed by atoms with van der Waals surface area (Å²) in [7, 11) is 1.66. The third-order valence-electron chi connectivity index (χ3n) is 7.32. The smallest absolute Gasteiger partial charge is 0.321 e. The maximum absolute atomic E-state index is 13.6. The molecule has 0 spiro atoms. The van der Waals surface area contributed by atoms with Crippen LogP contribution < -0.4 is 24.8 Å². The van der Waals surface area contributed by atoms with Crippen LogP contribution in [0.1, 0.15) is 37.0 Å². The summed E-state index contributed by atoms with van der Waals surface area (Å²) in [6, 6.07) is 9.47. The number of amides is 4. The third-order valence-corrected chi connectivity index (χ3v) is 7.32. The van der Waals surface area contributed by atoms with Crippen molar-refractivity contribution in [3.63, 3.8) is 0 Å². The highest BCUT2D eigenvalue weighted by Crippen LogP contribution is 2.37. The number of nitrogens with zero attached hydrogens (tertiary/aromatic N) is 2. The first-order valence-electron chi connectivity index (χ1n) is 13.2. The first-order chi connectivity index (χ1) is 18.7. The number of urea groups is 1. The zero-order valence-electron chi connectivity index (χ0n) is 22.3. The Labute approximate surface area is 227 Å². The van der Waals surface area contributed by atoms with E-state index in [1.165, 1.54) is 4.90 Å². The van der Waals surface area contributed by atoms with Gasteiger partial charge < -0.3 is 39.8 Å². The number of hydrogen-bond donors (Lipinski definition) is 3. The van der Waals surface area contributed by atoms with Gasteiger partial charge in [0.25, 0.3) is 5.91 Å². The van der Waals surface area contributed by atoms with Gasteiger partial charge in [0.1, 0.15) is 6.10 Å². The van der Waals surface area contributed by atoms with Gasteiger partial charge in [0.15, 0.2) is 17.2 Å². The lowest BCUT2D eigenvalue weighted by atomic mass is 9.99. The Morgan fingerprint density at radius 3 is 2.67 bits per heavy atom. The second-order valence-electron chi connectivity index (χ2n) is 10.4. The Kier molecular flexibility index (Phi) is 7.51. The van der Waals surface area contributed by atoms with Gasteiger partial charge in [0.2, 0.25) is 12.7 Å². The maximum atomic E-state index is 13.6. The van der Waals surface area contributed by atoms with Gasteiger partial charge in [-0.15, -0.1) is 0 Å². The van der Waals surface area contributed by atoms with Crippen LogP contribution in [0.5, 0.6) is 17.2 Å². The summed E-state index contributed by atoms with van der Waals surface area (Å²) in [5.74, 6) is 0.832. The molecule has 2 heterocycles. The van der Waals surface area contributed by atoms with Crippen LogP contribution in [-0.4, -0.2) is 78.4 Å². The lowest BCUT2D eigenvalue weighted by Gasteiger charge is -2.38. The van der Waals surface area contributed by atoms with Crippen molar-refractivity contribution in [2.24, 2.45) is 11.8 Å². The zero-order valence-corrected chi connectivity index (χ0v) is 22.3. The molecule has 1 fully saturated rings. The van der Waals surface area contributed by atoms with Crippen molar-refractivity contribution in [1.29, 1.82) is 0 Å². The molecule has 1 aliphatic carbocycles. The van der Waals surface area contributed by atoms with Gasteiger partial charge in [0, 0.05) is 37.2 Å². The second kappa shape index (κ2) is 11.0. The molecule has 2 aromatic rings. The predicted molar refractivity (Wildman–Crippen MR) is 143 cm³/mol. The van der Waals surface area contributed by atoms with Crippen LogP contribution >= 0.6 is 0 Å². The number of rotatable bonds is 7. The zero-order chi connectivity index (χ0) is 27.7. The number of fused-ring (bicyclic) bond motifs is 2. The highest BCUT2D eigenvalue weighted by Gasteiger charge is 2.36. The molecular weight excluding hydrogens is 504 g/mol. The molecule has 0 bridgehead atoms. The Morgan fingerprint density at radius 1 is 1.15 bits per heavy atom. The monoisotopic (exact) mass is 538 g/mol. The van der Waals surface area contributed by atoms with Gasteiger partial charge in [-0.2, -0.15) is 0 Å². The summed E-state index contributed by atoms with van der Waals surface area (Å²) in [4.78, 5) is 42.4. The van der Waals surface area contributed by atoms with E-state index >= 15 is 0 Å². The lowest BCUT2D eigenvalue weighted by molar-refractivity contribution is -0.117. The minimum Gasteiger partial charge on any atom is -0.485 e. The Bertz CT molecular complexity index is 1260. The SMILES string of the molecule is C[C@@H]1CN([C@@H](C)CO)C(=O)c2cccc(NC(=O)C3CC3)c2O[C@@H]1CN(C)C(=O)Nc1ccc2c(c1)OCO2. The molecule has 0 saturated heterocycles. The van der Waals surface area contributed by atoms with Gasteiger partial charge in [-0.3, -0.25) is 9.59 Å². The van der Waals surface area contributed by atoms with Gasteiger partial charge in [0.05, 0.1) is 30.4 Å². The Hall–Kier alpha value is -3.99. The number of carbonyl (C=O) groups is 3. The number of nitrogens with one attached hydrogen (secondary N) is 2. The summed E-state index contributed by atoms with van der Waals surface area (Å²) < 4.78 is 17.2. The molecule has 1 saturated carbocycles. The molecule has 11 nitrogen and oxygen atoms in total. The largest absolute Gasteiger partial charge is 0.485 e. The number of benzene rings is 2. The van der Waals surface area contributed by atoms with Crippen LogP contribution in [-0.2, 0) is 4.79 Å². The maximum Gasteiger partial charge on any atom is 0.321 e. The number of hydrogen-bond acceptors (Lipinski definition) is 7. The molecular formula is C28H34N4O7. The van der Waals surface area contributed by atoms with Gasteiger partial charge in [-0.05, 0) is 44.0 Å². The van der Waals surface area contributed by atoms with Crippen molar-refractivity contribution < 1.29 is 33.7 Å². The van der Waals surface area contributed by atoms with Crippen LogP contribution in [0.25, 0.3) is 0 Å². The average molecular weight is 539 g/mol. The van der Waals surface area contributed by atoms with E-state index in [1.807, 2.05) is 6.92 Å². The summed E-state index contributed by atoms with van der Waals surface area (Å²) in [6.45, 7) is 4.19. The van der Waals surface area contributed by atoms with Crippen molar-refractivity contribution in [2.75, 3.05) is 44.2 Å². The molecule has 3 aliphatic rings. The minimum atomic E-state index is -0.517. The molecule has 2 aromatic carbocycles. The topological polar surface area (TPSA) is 130 Å². The molecule has 0 unspecified atom stereocenters. The van der Waals surface area contributed by atoms with Crippen LogP contribution in [0.3, 0.4) is 0 Å². The summed E-state index contributed by atoms with van der Waals surface area (Å²) >= 11 is 0. The number of carbonyl (C=O) groups excluding carboxylic acids is 3. The number of anilines is 2. The van der Waals surface area contributed by atoms with E-state index < -0.39 is 12.1 Å². The molecule has 2 aliphatic heterocycles. The fourth-order valence-electron chi connectivity index (χ4n) is 4.69. The number of likely N-dealkylation sites (N-methyl/N-ethyl adjacent to an activating group) is 1. The van der Waals surface area contributed by atoms with Crippen LogP contribution in [0.2, 0.25) is 0 Å². The standard InChI is InChI=1S/C28H34N4O7/c1-16-12-32(17(2)14-33)27(35)20-5-4-6-21(30-26(34)18-7-8-18)25(20)39-24(16)13-31(3)28(36)29-19-9-10-22-23(11-19)38-15-37-22/h4-6,9-11,16-18,24,33H,7-8,12-15H2,1-3H3,(H,29,36)(H,30,34)/t16-,17+,24-/m1/s1. The van der Waals surface area contributed by atoms with Crippen molar-refractivity contribution in [1.82, 2.24) is 9.80 Å². The van der Waals surface area contributed by atoms with E-state index in [0.717, 1.165) is 12.8 Å². The fraction of sp³-hybridized carbons (Fsp3) is 0.464. The quantitative estimate of drug-likeness (QED) is 0.494. The molecule has 0 aromatic heterocycles. The summed E-state index contributed by atoms with van der Waals surface area (Å²) in [5.41, 5.74) is 1.28. The second-order valence-corrected chi connectivity index (χ2v) is 10.4. The van der Waals surface area contributed by atoms with E-state index in [2.05, 4.69) is 10.6 Å². The predicted octanol–water partition coefficient (Wildman–Crippen LogP) is 3.15. The first-order valence-corrected chi connectivity index (χ1v) is 13.2. The normalized spacial score (nSPS) is 20.7. The van der Waals surface area contributed by atoms with Crippen LogP contribution in [0.15, 0.2) is 36.4 Å². The van der Waals surface area contributed by atoms with E-state index in [9.17, 15) is 19.5 Å². The fourth-order valence-corrected chi connectivity index (χ4v) is 4.69. The van der Waals surface area contributed by atoms with Crippen molar-refractivity contribution in [3.05, 3.63) is 42.0 Å². The lowest BCUT2D eigenvalue weighted by Crippen LogP contribution is -2.50. The summed E-state index contributed by atoms with van der Waals surface area (Å²) in [5, 5.41) is 15.7. The molecule has 3 N–H and O–H groups in total. The average Bonchev–Trinajstić information content (AvgIpc) is 3.68. The van der Waals surface area contributed by atoms with Crippen LogP contribution in [0, 0.1) is 11.8 Å². The molecule has 39 heavy (non-hydrogen) atoms. The van der Waals surface area contributed by atoms with E-state index in [4.69, 9.17) is 14.2 Å². The highest BCUT2D eigenvalue weighted by atomic mass is 16.7. The summed E-state index contributed by atoms with van der Waals surface area (Å²) in [6.07, 6.45) is 1.16. The molecule has 4 amide bonds. The van der Waals surface area contributed by atoms with Gasteiger partial charge >= 0.3 is 6.03 Å². The number of aliphatic hydroxyl groups is 1. The number of ether oxygens (including phenoxy) is 3. The van der Waals surface area contributed by atoms with Gasteiger partial charge in [-0.1, -0.05) is 13.0 Å². The van der Waals surface area contributed by atoms with Crippen molar-refractivity contribution >= 4 is 29.2 Å². The minimum absolute atomic E-state index is 0.0308. The number of para-hydroxylation sites is 1. The van der Waals surface area contributed by atoms with E-state index in [0.29, 0.717) is 35.0 Å². The van der Waals surface area contributed by atoms with Gasteiger partial charge in [-0.25, -0.2) is 4.79 Å². The molecule has 5 rings (SSSR count). The highest BCUT2D eigenvalue weighted by molar-refractivity contribution is 6.02. The third kappa shape index (κ3) is 5.73. The molecule has 3 atom stereocenters. The Morgan fingerprint density at radius 2 is 1.92 bits per heavy atom. The molecule has 0 radical (unpaired) electrons. The van der Waals surface area contributed by atoms with Crippen molar-refractivity contribution in [3.8, 4) is 17.2 Å². The van der Waals surface area contributed by atoms with Crippen LogP contribution in [0.4, 0.5) is 16.2 Å². The van der Waals surface area contributed by atoms with Crippen molar-refractivity contribution in [2.45, 2.75) is 38.8 Å². The van der Waals surface area contributed by atoms with E-state index in [-0.39, 0.29) is 55.4 Å². The Balaban J connectivity index is 1.39.